The van der Waals surface area contributed by atoms with E-state index < -0.39 is 11.9 Å². The Hall–Kier alpha value is -2.50. The first-order chi connectivity index (χ1) is 11.4. The first-order valence-electron chi connectivity index (χ1n) is 7.70. The van der Waals surface area contributed by atoms with Crippen LogP contribution in [0.25, 0.3) is 11.0 Å². The van der Waals surface area contributed by atoms with E-state index in [1.54, 1.807) is 27.0 Å². The maximum Gasteiger partial charge on any atom is 0.316 e. The van der Waals surface area contributed by atoms with Gasteiger partial charge in [-0.2, -0.15) is 0 Å². The number of ether oxygens (including phenoxy) is 3. The summed E-state index contributed by atoms with van der Waals surface area (Å²) < 4.78 is 21.5. The molecular weight excluding hydrogens is 312 g/mol. The molecule has 6 nitrogen and oxygen atoms in total. The van der Waals surface area contributed by atoms with Crippen LogP contribution in [0, 0.1) is 6.92 Å². The fraction of sp³-hybridized carbons (Fsp3) is 0.444. The van der Waals surface area contributed by atoms with Crippen LogP contribution in [-0.2, 0) is 9.53 Å². The minimum Gasteiger partial charge on any atom is -0.496 e. The fourth-order valence-electron chi connectivity index (χ4n) is 2.77. The highest BCUT2D eigenvalue weighted by molar-refractivity contribution is 6.12. The van der Waals surface area contributed by atoms with E-state index in [1.807, 2.05) is 6.92 Å². The summed E-state index contributed by atoms with van der Waals surface area (Å²) in [6.07, 6.45) is 0.282. The SMILES string of the molecule is CCC(=O)c1c(C(C)C(=O)OC)oc2c(C)c(OC)cc(OC)c12. The van der Waals surface area contributed by atoms with E-state index in [4.69, 9.17) is 18.6 Å². The van der Waals surface area contributed by atoms with Crippen LogP contribution in [0.15, 0.2) is 10.5 Å². The molecule has 1 heterocycles. The average Bonchev–Trinajstić information content (AvgIpc) is 3.01. The predicted octanol–water partition coefficient (Wildman–Crippen LogP) is 3.63. The lowest BCUT2D eigenvalue weighted by Gasteiger charge is -2.10. The third-order valence-corrected chi connectivity index (χ3v) is 4.14. The lowest BCUT2D eigenvalue weighted by Crippen LogP contribution is -2.13. The number of ketones is 1. The molecule has 1 aromatic heterocycles. The van der Waals surface area contributed by atoms with Gasteiger partial charge in [-0.15, -0.1) is 0 Å². The lowest BCUT2D eigenvalue weighted by molar-refractivity contribution is -0.142. The summed E-state index contributed by atoms with van der Waals surface area (Å²) in [7, 11) is 4.37. The zero-order chi connectivity index (χ0) is 18.0. The number of carbonyl (C=O) groups is 2. The Morgan fingerprint density at radius 1 is 1.17 bits per heavy atom. The van der Waals surface area contributed by atoms with Crippen molar-refractivity contribution in [2.45, 2.75) is 33.1 Å². The molecule has 0 aliphatic rings. The van der Waals surface area contributed by atoms with Crippen molar-refractivity contribution in [3.8, 4) is 11.5 Å². The van der Waals surface area contributed by atoms with Crippen molar-refractivity contribution >= 4 is 22.7 Å². The summed E-state index contributed by atoms with van der Waals surface area (Å²) >= 11 is 0. The van der Waals surface area contributed by atoms with Crippen LogP contribution < -0.4 is 9.47 Å². The molecule has 1 aromatic carbocycles. The first kappa shape index (κ1) is 17.8. The second-order valence-electron chi connectivity index (χ2n) is 5.47. The molecular formula is C18H22O6. The summed E-state index contributed by atoms with van der Waals surface area (Å²) in [6.45, 7) is 5.24. The van der Waals surface area contributed by atoms with E-state index in [0.717, 1.165) is 5.56 Å². The van der Waals surface area contributed by atoms with Crippen molar-refractivity contribution in [2.75, 3.05) is 21.3 Å². The number of esters is 1. The standard InChI is InChI=1S/C18H22O6/c1-7-11(19)14-15-13(22-5)8-12(21-4)9(2)16(15)24-17(14)10(3)18(20)23-6/h8,10H,7H2,1-6H3. The number of furan rings is 1. The molecule has 0 aliphatic heterocycles. The fourth-order valence-corrected chi connectivity index (χ4v) is 2.77. The van der Waals surface area contributed by atoms with E-state index in [0.29, 0.717) is 33.8 Å². The number of methoxy groups -OCH3 is 3. The smallest absolute Gasteiger partial charge is 0.316 e. The Morgan fingerprint density at radius 3 is 2.29 bits per heavy atom. The van der Waals surface area contributed by atoms with Crippen LogP contribution in [0.3, 0.4) is 0 Å². The highest BCUT2D eigenvalue weighted by atomic mass is 16.5. The van der Waals surface area contributed by atoms with Crippen LogP contribution >= 0.6 is 0 Å². The van der Waals surface area contributed by atoms with Gasteiger partial charge in [-0.1, -0.05) is 6.92 Å². The van der Waals surface area contributed by atoms with E-state index >= 15 is 0 Å². The molecule has 0 radical (unpaired) electrons. The molecule has 6 heteroatoms. The second-order valence-corrected chi connectivity index (χ2v) is 5.47. The Kier molecular flexibility index (Phi) is 5.17. The van der Waals surface area contributed by atoms with Gasteiger partial charge in [0.1, 0.15) is 28.8 Å². The summed E-state index contributed by atoms with van der Waals surface area (Å²) in [5, 5.41) is 0.563. The Bertz CT molecular complexity index is 787. The van der Waals surface area contributed by atoms with Crippen LogP contribution in [0.1, 0.15) is 47.9 Å². The zero-order valence-electron chi connectivity index (χ0n) is 14.8. The Labute approximate surface area is 140 Å². The molecule has 2 rings (SSSR count). The molecule has 130 valence electrons. The molecule has 1 unspecified atom stereocenters. The topological polar surface area (TPSA) is 75.0 Å². The number of rotatable bonds is 6. The van der Waals surface area contributed by atoms with Gasteiger partial charge in [0.05, 0.1) is 32.3 Å². The minimum absolute atomic E-state index is 0.123. The number of hydrogen-bond acceptors (Lipinski definition) is 6. The van der Waals surface area contributed by atoms with Gasteiger partial charge in [-0.05, 0) is 13.8 Å². The van der Waals surface area contributed by atoms with Crippen molar-refractivity contribution in [2.24, 2.45) is 0 Å². The third kappa shape index (κ3) is 2.72. The van der Waals surface area contributed by atoms with Gasteiger partial charge >= 0.3 is 5.97 Å². The van der Waals surface area contributed by atoms with Crippen LogP contribution in [0.2, 0.25) is 0 Å². The van der Waals surface area contributed by atoms with Gasteiger partial charge in [0.25, 0.3) is 0 Å². The number of fused-ring (bicyclic) bond motifs is 1. The van der Waals surface area contributed by atoms with Crippen LogP contribution in [0.5, 0.6) is 11.5 Å². The molecule has 0 spiro atoms. The molecule has 24 heavy (non-hydrogen) atoms. The van der Waals surface area contributed by atoms with Gasteiger partial charge < -0.3 is 18.6 Å². The normalized spacial score (nSPS) is 12.1. The highest BCUT2D eigenvalue weighted by Crippen LogP contribution is 2.42. The van der Waals surface area contributed by atoms with Gasteiger partial charge in [0.2, 0.25) is 0 Å². The number of benzene rings is 1. The van der Waals surface area contributed by atoms with Crippen LogP contribution in [-0.4, -0.2) is 33.1 Å². The maximum atomic E-state index is 12.6. The minimum atomic E-state index is -0.706. The number of hydrogen-bond donors (Lipinski definition) is 0. The van der Waals surface area contributed by atoms with Gasteiger partial charge in [0.15, 0.2) is 5.78 Å². The van der Waals surface area contributed by atoms with Gasteiger partial charge in [-0.25, -0.2) is 0 Å². The second kappa shape index (κ2) is 6.95. The van der Waals surface area contributed by atoms with Crippen molar-refractivity contribution in [3.63, 3.8) is 0 Å². The first-order valence-corrected chi connectivity index (χ1v) is 7.70. The molecule has 0 bridgehead atoms. The molecule has 1 atom stereocenters. The molecule has 2 aromatic rings. The number of carbonyl (C=O) groups excluding carboxylic acids is 2. The maximum absolute atomic E-state index is 12.6. The zero-order valence-corrected chi connectivity index (χ0v) is 14.8. The highest BCUT2D eigenvalue weighted by Gasteiger charge is 2.31. The lowest BCUT2D eigenvalue weighted by atomic mass is 9.97. The molecule has 0 N–H and O–H groups in total. The van der Waals surface area contributed by atoms with Crippen LogP contribution in [0.4, 0.5) is 0 Å². The van der Waals surface area contributed by atoms with Crippen molar-refractivity contribution in [1.29, 1.82) is 0 Å². The molecule has 0 saturated carbocycles. The molecule has 0 aliphatic carbocycles. The summed E-state index contributed by atoms with van der Waals surface area (Å²) in [4.78, 5) is 24.5. The van der Waals surface area contributed by atoms with Crippen molar-refractivity contribution in [3.05, 3.63) is 23.0 Å². The van der Waals surface area contributed by atoms with E-state index in [-0.39, 0.29) is 12.2 Å². The summed E-state index contributed by atoms with van der Waals surface area (Å²) in [5.74, 6) is 0.0451. The van der Waals surface area contributed by atoms with Gasteiger partial charge in [-0.3, -0.25) is 9.59 Å². The summed E-state index contributed by atoms with van der Waals surface area (Å²) in [6, 6.07) is 1.71. The van der Waals surface area contributed by atoms with E-state index in [2.05, 4.69) is 0 Å². The molecule has 0 saturated heterocycles. The number of aryl methyl sites for hydroxylation is 1. The largest absolute Gasteiger partial charge is 0.496 e. The van der Waals surface area contributed by atoms with Gasteiger partial charge in [0, 0.05) is 18.1 Å². The molecule has 0 fully saturated rings. The van der Waals surface area contributed by atoms with E-state index in [1.165, 1.54) is 14.2 Å². The number of Topliss-reactive ketones (excluding diaryl/α,β-unsaturated/α-hetero) is 1. The third-order valence-electron chi connectivity index (χ3n) is 4.14. The Morgan fingerprint density at radius 2 is 1.79 bits per heavy atom. The Balaban J connectivity index is 2.91. The predicted molar refractivity (Wildman–Crippen MR) is 89.1 cm³/mol. The molecule has 0 amide bonds. The monoisotopic (exact) mass is 334 g/mol. The van der Waals surface area contributed by atoms with Crippen molar-refractivity contribution < 1.29 is 28.2 Å². The quantitative estimate of drug-likeness (QED) is 0.593. The average molecular weight is 334 g/mol. The van der Waals surface area contributed by atoms with Crippen molar-refractivity contribution in [1.82, 2.24) is 0 Å². The summed E-state index contributed by atoms with van der Waals surface area (Å²) in [5.41, 5.74) is 1.59. The van der Waals surface area contributed by atoms with E-state index in [9.17, 15) is 9.59 Å².